The first kappa shape index (κ1) is 11.9. The monoisotopic (exact) mass is 232 g/mol. The van der Waals surface area contributed by atoms with Gasteiger partial charge in [-0.05, 0) is 18.6 Å². The van der Waals surface area contributed by atoms with Crippen molar-refractivity contribution < 1.29 is 19.0 Å². The van der Waals surface area contributed by atoms with Crippen molar-refractivity contribution in [3.63, 3.8) is 0 Å². The van der Waals surface area contributed by atoms with E-state index in [2.05, 4.69) is 0 Å². The Morgan fingerprint density at radius 1 is 1.41 bits per heavy atom. The molecule has 0 fully saturated rings. The van der Waals surface area contributed by atoms with Gasteiger partial charge in [-0.1, -0.05) is 23.7 Å². The maximum atomic E-state index is 13.4. The predicted molar refractivity (Wildman–Crippen MR) is 60.2 cm³/mol. The van der Waals surface area contributed by atoms with Crippen molar-refractivity contribution in [2.24, 2.45) is 0 Å². The molecule has 2 radical (unpaired) electrons. The molecule has 0 saturated heterocycles. The highest BCUT2D eigenvalue weighted by atomic mass is 19.1. The van der Waals surface area contributed by atoms with E-state index in [-0.39, 0.29) is 11.9 Å². The molecule has 0 spiro atoms. The van der Waals surface area contributed by atoms with Gasteiger partial charge in [-0.25, -0.2) is 9.18 Å². The van der Waals surface area contributed by atoms with Crippen LogP contribution in [0.3, 0.4) is 0 Å². The molecule has 1 aromatic carbocycles. The van der Waals surface area contributed by atoms with Gasteiger partial charge in [0.25, 0.3) is 0 Å². The molecule has 0 amide bonds. The molecule has 0 bridgehead atoms. The first-order chi connectivity index (χ1) is 8.09. The number of halogens is 1. The summed E-state index contributed by atoms with van der Waals surface area (Å²) < 4.78 is 18.3. The predicted octanol–water partition coefficient (Wildman–Crippen LogP) is 1.33. The van der Waals surface area contributed by atoms with Crippen LogP contribution in [0.25, 0.3) is 0 Å². The van der Waals surface area contributed by atoms with Crippen molar-refractivity contribution in [1.29, 1.82) is 0 Å². The van der Waals surface area contributed by atoms with E-state index in [4.69, 9.17) is 12.6 Å². The van der Waals surface area contributed by atoms with Gasteiger partial charge in [0.1, 0.15) is 19.8 Å². The van der Waals surface area contributed by atoms with Crippen LogP contribution in [0.5, 0.6) is 0 Å². The van der Waals surface area contributed by atoms with Crippen LogP contribution in [-0.4, -0.2) is 31.1 Å². The maximum absolute atomic E-state index is 13.4. The SMILES string of the molecule is [B]C1=C(F)C(OC(=O)c2ccccc2)C(O)C1. The Balaban J connectivity index is 2.10. The molecule has 0 aromatic heterocycles. The smallest absolute Gasteiger partial charge is 0.338 e. The minimum absolute atomic E-state index is 0.0153. The fraction of sp³-hybridized carbons (Fsp3) is 0.250. The van der Waals surface area contributed by atoms with Gasteiger partial charge in [0.15, 0.2) is 6.10 Å². The quantitative estimate of drug-likeness (QED) is 0.617. The lowest BCUT2D eigenvalue weighted by atomic mass is 9.95. The summed E-state index contributed by atoms with van der Waals surface area (Å²) in [6.07, 6.45) is -2.41. The van der Waals surface area contributed by atoms with E-state index in [9.17, 15) is 14.3 Å². The van der Waals surface area contributed by atoms with Crippen LogP contribution in [0, 0.1) is 0 Å². The molecular weight excluding hydrogens is 222 g/mol. The van der Waals surface area contributed by atoms with Crippen molar-refractivity contribution >= 4 is 13.8 Å². The minimum Gasteiger partial charge on any atom is -0.449 e. The highest BCUT2D eigenvalue weighted by Crippen LogP contribution is 2.29. The molecule has 2 rings (SSSR count). The van der Waals surface area contributed by atoms with E-state index < -0.39 is 24.0 Å². The van der Waals surface area contributed by atoms with Crippen LogP contribution in [0.2, 0.25) is 0 Å². The summed E-state index contributed by atoms with van der Waals surface area (Å²) in [5.74, 6) is -1.44. The number of rotatable bonds is 2. The largest absolute Gasteiger partial charge is 0.449 e. The Morgan fingerprint density at radius 2 is 2.06 bits per heavy atom. The van der Waals surface area contributed by atoms with Crippen molar-refractivity contribution in [1.82, 2.24) is 0 Å². The number of benzene rings is 1. The van der Waals surface area contributed by atoms with Gasteiger partial charge < -0.3 is 9.84 Å². The number of carbonyl (C=O) groups excluding carboxylic acids is 1. The highest BCUT2D eigenvalue weighted by Gasteiger charge is 2.35. The fourth-order valence-electron chi connectivity index (χ4n) is 1.67. The number of aliphatic hydroxyl groups is 1. The van der Waals surface area contributed by atoms with Crippen LogP contribution in [-0.2, 0) is 4.74 Å². The number of hydrogen-bond acceptors (Lipinski definition) is 3. The lowest BCUT2D eigenvalue weighted by Gasteiger charge is -2.15. The molecule has 1 aliphatic rings. The molecule has 0 saturated carbocycles. The second-order valence-electron chi connectivity index (χ2n) is 3.84. The Kier molecular flexibility index (Phi) is 3.29. The summed E-state index contributed by atoms with van der Waals surface area (Å²) in [4.78, 5) is 11.6. The van der Waals surface area contributed by atoms with Gasteiger partial charge in [-0.15, -0.1) is 0 Å². The highest BCUT2D eigenvalue weighted by molar-refractivity contribution is 6.22. The van der Waals surface area contributed by atoms with Gasteiger partial charge in [-0.2, -0.15) is 0 Å². The average molecular weight is 232 g/mol. The molecule has 1 aromatic rings. The van der Waals surface area contributed by atoms with Crippen molar-refractivity contribution in [2.45, 2.75) is 18.6 Å². The fourth-order valence-corrected chi connectivity index (χ4v) is 1.67. The molecule has 1 N–H and O–H groups in total. The molecule has 2 unspecified atom stereocenters. The third kappa shape index (κ3) is 2.39. The Hall–Kier alpha value is -1.62. The standard InChI is InChI=1S/C12H10BFO3/c13-8-6-9(15)11(10(8)14)17-12(16)7-4-2-1-3-5-7/h1-5,9,11,15H,6H2. The molecule has 5 heteroatoms. The van der Waals surface area contributed by atoms with Crippen LogP contribution < -0.4 is 0 Å². The Labute approximate surface area is 99.3 Å². The first-order valence-corrected chi connectivity index (χ1v) is 5.17. The summed E-state index contributed by atoms with van der Waals surface area (Å²) in [6.45, 7) is 0. The number of hydrogen-bond donors (Lipinski definition) is 1. The molecular formula is C12H10BFO3. The average Bonchev–Trinajstić information content (AvgIpc) is 2.57. The molecule has 2 atom stereocenters. The summed E-state index contributed by atoms with van der Waals surface area (Å²) in [7, 11) is 5.33. The zero-order chi connectivity index (χ0) is 12.4. The van der Waals surface area contributed by atoms with E-state index in [1.807, 2.05) is 0 Å². The molecule has 0 heterocycles. The van der Waals surface area contributed by atoms with Crippen LogP contribution in [0.4, 0.5) is 4.39 Å². The Bertz CT molecular complexity index is 458. The number of carbonyl (C=O) groups is 1. The number of aliphatic hydroxyl groups excluding tert-OH is 1. The third-order valence-electron chi connectivity index (χ3n) is 2.58. The third-order valence-corrected chi connectivity index (χ3v) is 2.58. The molecule has 3 nitrogen and oxygen atoms in total. The van der Waals surface area contributed by atoms with E-state index in [0.717, 1.165) is 0 Å². The van der Waals surface area contributed by atoms with E-state index in [1.54, 1.807) is 30.3 Å². The molecule has 86 valence electrons. The zero-order valence-corrected chi connectivity index (χ0v) is 8.97. The van der Waals surface area contributed by atoms with Gasteiger partial charge in [0, 0.05) is 0 Å². The lowest BCUT2D eigenvalue weighted by molar-refractivity contribution is -0.00324. The summed E-state index contributed by atoms with van der Waals surface area (Å²) in [5, 5.41) is 9.49. The second kappa shape index (κ2) is 4.71. The zero-order valence-electron chi connectivity index (χ0n) is 8.97. The summed E-state index contributed by atoms with van der Waals surface area (Å²) in [5.41, 5.74) is 0.237. The van der Waals surface area contributed by atoms with Crippen LogP contribution >= 0.6 is 0 Å². The van der Waals surface area contributed by atoms with Gasteiger partial charge >= 0.3 is 5.97 Å². The van der Waals surface area contributed by atoms with Gasteiger partial charge in [-0.3, -0.25) is 0 Å². The van der Waals surface area contributed by atoms with Crippen molar-refractivity contribution in [3.8, 4) is 0 Å². The van der Waals surface area contributed by atoms with E-state index >= 15 is 0 Å². The van der Waals surface area contributed by atoms with Crippen LogP contribution in [0.1, 0.15) is 16.8 Å². The number of ether oxygens (including phenoxy) is 1. The van der Waals surface area contributed by atoms with Gasteiger partial charge in [0.05, 0.1) is 5.56 Å². The van der Waals surface area contributed by atoms with Gasteiger partial charge in [0.2, 0.25) is 0 Å². The van der Waals surface area contributed by atoms with E-state index in [1.165, 1.54) is 0 Å². The minimum atomic E-state index is -1.29. The molecule has 0 aliphatic heterocycles. The maximum Gasteiger partial charge on any atom is 0.338 e. The molecule has 17 heavy (non-hydrogen) atoms. The lowest BCUT2D eigenvalue weighted by Crippen LogP contribution is -2.27. The second-order valence-corrected chi connectivity index (χ2v) is 3.84. The van der Waals surface area contributed by atoms with Crippen LogP contribution in [0.15, 0.2) is 41.6 Å². The Morgan fingerprint density at radius 3 is 2.59 bits per heavy atom. The summed E-state index contributed by atoms with van der Waals surface area (Å²) in [6, 6.07) is 8.19. The van der Waals surface area contributed by atoms with E-state index in [0.29, 0.717) is 5.56 Å². The number of esters is 1. The topological polar surface area (TPSA) is 46.5 Å². The molecule has 1 aliphatic carbocycles. The normalized spacial score (nSPS) is 23.9. The van der Waals surface area contributed by atoms with Crippen molar-refractivity contribution in [2.75, 3.05) is 0 Å². The first-order valence-electron chi connectivity index (χ1n) is 5.17. The summed E-state index contributed by atoms with van der Waals surface area (Å²) >= 11 is 0. The van der Waals surface area contributed by atoms with Crippen molar-refractivity contribution in [3.05, 3.63) is 47.2 Å².